The van der Waals surface area contributed by atoms with Gasteiger partial charge in [-0.25, -0.2) is 8.42 Å². The molecule has 0 bridgehead atoms. The van der Waals surface area contributed by atoms with Crippen molar-refractivity contribution in [2.45, 2.75) is 30.5 Å². The minimum atomic E-state index is -3.43. The van der Waals surface area contributed by atoms with Crippen LogP contribution in [0.25, 0.3) is 10.2 Å². The zero-order valence-electron chi connectivity index (χ0n) is 17.5. The van der Waals surface area contributed by atoms with Crippen molar-refractivity contribution in [1.82, 2.24) is 4.57 Å². The number of esters is 1. The van der Waals surface area contributed by atoms with E-state index in [9.17, 15) is 18.0 Å². The molecule has 164 valence electrons. The van der Waals surface area contributed by atoms with Gasteiger partial charge in [-0.2, -0.15) is 4.99 Å². The molecule has 0 aliphatic rings. The zero-order valence-corrected chi connectivity index (χ0v) is 19.1. The number of fused-ring (bicyclic) bond motifs is 1. The van der Waals surface area contributed by atoms with Crippen molar-refractivity contribution >= 4 is 43.3 Å². The molecule has 3 aromatic rings. The van der Waals surface area contributed by atoms with Gasteiger partial charge in [-0.05, 0) is 56.3 Å². The van der Waals surface area contributed by atoms with Gasteiger partial charge in [-0.1, -0.05) is 11.3 Å². The van der Waals surface area contributed by atoms with E-state index >= 15 is 0 Å². The SMILES string of the molecule is COC(=O)Cn1c(=NC(=O)c2ccc(S(=O)(=O)C(C)C)cc2)sc2cc(OC)ccc21. The fourth-order valence-corrected chi connectivity index (χ4v) is 4.94. The lowest BCUT2D eigenvalue weighted by molar-refractivity contribution is -0.141. The molecule has 0 aliphatic carbocycles. The second-order valence-corrected chi connectivity index (χ2v) is 10.4. The minimum absolute atomic E-state index is 0.111. The molecule has 0 spiro atoms. The molecule has 0 radical (unpaired) electrons. The van der Waals surface area contributed by atoms with Crippen molar-refractivity contribution in [3.63, 3.8) is 0 Å². The number of sulfone groups is 1. The minimum Gasteiger partial charge on any atom is -0.497 e. The molecule has 0 saturated carbocycles. The number of thiazole rings is 1. The highest BCUT2D eigenvalue weighted by atomic mass is 32.2. The van der Waals surface area contributed by atoms with Crippen LogP contribution in [0.5, 0.6) is 5.75 Å². The molecule has 1 aromatic heterocycles. The number of hydrogen-bond acceptors (Lipinski definition) is 7. The zero-order chi connectivity index (χ0) is 22.8. The average Bonchev–Trinajstić information content (AvgIpc) is 3.09. The van der Waals surface area contributed by atoms with E-state index < -0.39 is 27.0 Å². The Morgan fingerprint density at radius 1 is 1.10 bits per heavy atom. The van der Waals surface area contributed by atoms with Crippen molar-refractivity contribution in [3.8, 4) is 5.75 Å². The number of benzene rings is 2. The van der Waals surface area contributed by atoms with Gasteiger partial charge in [0.25, 0.3) is 5.91 Å². The molecule has 31 heavy (non-hydrogen) atoms. The predicted molar refractivity (Wildman–Crippen MR) is 117 cm³/mol. The Kier molecular flexibility index (Phi) is 6.61. The van der Waals surface area contributed by atoms with Crippen LogP contribution in [0.3, 0.4) is 0 Å². The quantitative estimate of drug-likeness (QED) is 0.522. The summed E-state index contributed by atoms with van der Waals surface area (Å²) in [5, 5.41) is -0.563. The molecule has 0 unspecified atom stereocenters. The van der Waals surface area contributed by atoms with Crippen LogP contribution in [0, 0.1) is 0 Å². The Morgan fingerprint density at radius 2 is 1.77 bits per heavy atom. The number of carbonyl (C=O) groups excluding carboxylic acids is 2. The number of rotatable bonds is 6. The van der Waals surface area contributed by atoms with Crippen LogP contribution in [-0.4, -0.2) is 44.3 Å². The maximum atomic E-state index is 12.8. The number of methoxy groups -OCH3 is 2. The fraction of sp³-hybridized carbons (Fsp3) is 0.286. The van der Waals surface area contributed by atoms with Crippen LogP contribution in [0.4, 0.5) is 0 Å². The van der Waals surface area contributed by atoms with Crippen molar-refractivity contribution in [2.75, 3.05) is 14.2 Å². The summed E-state index contributed by atoms with van der Waals surface area (Å²) in [7, 11) is -0.595. The van der Waals surface area contributed by atoms with E-state index in [0.29, 0.717) is 16.1 Å². The van der Waals surface area contributed by atoms with Gasteiger partial charge in [0.15, 0.2) is 14.6 Å². The monoisotopic (exact) mass is 462 g/mol. The molecule has 10 heteroatoms. The third-order valence-corrected chi connectivity index (χ3v) is 7.86. The van der Waals surface area contributed by atoms with Crippen LogP contribution < -0.4 is 9.54 Å². The molecule has 0 saturated heterocycles. The van der Waals surface area contributed by atoms with E-state index in [1.165, 1.54) is 42.7 Å². The number of hydrogen-bond donors (Lipinski definition) is 0. The van der Waals surface area contributed by atoms with Crippen LogP contribution in [0.2, 0.25) is 0 Å². The van der Waals surface area contributed by atoms with Crippen molar-refractivity contribution in [1.29, 1.82) is 0 Å². The lowest BCUT2D eigenvalue weighted by Gasteiger charge is -2.07. The van der Waals surface area contributed by atoms with Crippen molar-refractivity contribution in [2.24, 2.45) is 4.99 Å². The van der Waals surface area contributed by atoms with E-state index in [0.717, 1.165) is 4.70 Å². The number of carbonyl (C=O) groups is 2. The van der Waals surface area contributed by atoms with E-state index in [1.807, 2.05) is 0 Å². The molecular weight excluding hydrogens is 440 g/mol. The maximum Gasteiger partial charge on any atom is 0.325 e. The smallest absolute Gasteiger partial charge is 0.325 e. The summed E-state index contributed by atoms with van der Waals surface area (Å²) in [6.07, 6.45) is 0. The molecule has 2 aromatic carbocycles. The van der Waals surface area contributed by atoms with Gasteiger partial charge in [-0.3, -0.25) is 9.59 Å². The number of nitrogens with zero attached hydrogens (tertiary/aromatic N) is 2. The molecule has 0 N–H and O–H groups in total. The van der Waals surface area contributed by atoms with Gasteiger partial charge in [0, 0.05) is 5.56 Å². The highest BCUT2D eigenvalue weighted by Gasteiger charge is 2.19. The second kappa shape index (κ2) is 9.03. The largest absolute Gasteiger partial charge is 0.497 e. The Morgan fingerprint density at radius 3 is 2.35 bits per heavy atom. The molecule has 3 rings (SSSR count). The second-order valence-electron chi connectivity index (χ2n) is 6.92. The Balaban J connectivity index is 2.05. The van der Waals surface area contributed by atoms with Crippen LogP contribution in [-0.2, 0) is 25.9 Å². The lowest BCUT2D eigenvalue weighted by atomic mass is 10.2. The van der Waals surface area contributed by atoms with Crippen molar-refractivity contribution in [3.05, 3.63) is 52.8 Å². The summed E-state index contributed by atoms with van der Waals surface area (Å²) in [5.41, 5.74) is 0.948. The average molecular weight is 463 g/mol. The van der Waals surface area contributed by atoms with Crippen LogP contribution in [0.15, 0.2) is 52.4 Å². The topological polar surface area (TPSA) is 104 Å². The molecule has 0 fully saturated rings. The van der Waals surface area contributed by atoms with Gasteiger partial charge in [0.2, 0.25) is 0 Å². The number of aromatic nitrogens is 1. The van der Waals surface area contributed by atoms with Gasteiger partial charge >= 0.3 is 5.97 Å². The first-order valence-electron chi connectivity index (χ1n) is 9.34. The van der Waals surface area contributed by atoms with Crippen LogP contribution in [0.1, 0.15) is 24.2 Å². The summed E-state index contributed by atoms with van der Waals surface area (Å²) < 4.78 is 36.9. The number of ether oxygens (including phenoxy) is 2. The van der Waals surface area contributed by atoms with Gasteiger partial charge in [0.1, 0.15) is 12.3 Å². The third kappa shape index (κ3) is 4.70. The third-order valence-electron chi connectivity index (χ3n) is 4.65. The summed E-state index contributed by atoms with van der Waals surface area (Å²) in [6, 6.07) is 11.0. The normalized spacial score (nSPS) is 12.4. The Labute approximate surface area is 183 Å². The molecule has 0 atom stereocenters. The van der Waals surface area contributed by atoms with E-state index in [1.54, 1.807) is 43.7 Å². The highest BCUT2D eigenvalue weighted by molar-refractivity contribution is 7.92. The summed E-state index contributed by atoms with van der Waals surface area (Å²) in [5.74, 6) is -0.392. The van der Waals surface area contributed by atoms with Gasteiger partial charge < -0.3 is 14.0 Å². The molecule has 8 nitrogen and oxygen atoms in total. The van der Waals surface area contributed by atoms with E-state index in [2.05, 4.69) is 4.99 Å². The van der Waals surface area contributed by atoms with E-state index in [-0.39, 0.29) is 17.0 Å². The maximum absolute atomic E-state index is 12.8. The predicted octanol–water partition coefficient (Wildman–Crippen LogP) is 2.81. The van der Waals surface area contributed by atoms with Gasteiger partial charge in [-0.15, -0.1) is 0 Å². The lowest BCUT2D eigenvalue weighted by Crippen LogP contribution is -2.22. The summed E-state index contributed by atoms with van der Waals surface area (Å²) >= 11 is 1.23. The first kappa shape index (κ1) is 22.7. The Bertz CT molecular complexity index is 1300. The fourth-order valence-electron chi connectivity index (χ4n) is 2.82. The standard InChI is InChI=1S/C21H22N2O6S2/c1-13(2)31(26,27)16-8-5-14(6-9-16)20(25)22-21-23(12-19(24)29-4)17-10-7-15(28-3)11-18(17)30-21/h5-11,13H,12H2,1-4H3. The van der Waals surface area contributed by atoms with E-state index in [4.69, 9.17) is 9.47 Å². The molecule has 0 aliphatic heterocycles. The van der Waals surface area contributed by atoms with Crippen molar-refractivity contribution < 1.29 is 27.5 Å². The molecule has 1 amide bonds. The Hall–Kier alpha value is -2.98. The summed E-state index contributed by atoms with van der Waals surface area (Å²) in [6.45, 7) is 3.08. The molecule has 1 heterocycles. The summed E-state index contributed by atoms with van der Waals surface area (Å²) in [4.78, 5) is 29.3. The molecular formula is C21H22N2O6S2. The highest BCUT2D eigenvalue weighted by Crippen LogP contribution is 2.23. The number of amides is 1. The first-order valence-corrected chi connectivity index (χ1v) is 11.7. The van der Waals surface area contributed by atoms with Crippen LogP contribution >= 0.6 is 11.3 Å². The van der Waals surface area contributed by atoms with Gasteiger partial charge in [0.05, 0.1) is 34.6 Å². The first-order chi connectivity index (χ1) is 14.7.